The van der Waals surface area contributed by atoms with Crippen molar-refractivity contribution in [3.05, 3.63) is 53.6 Å². The lowest BCUT2D eigenvalue weighted by atomic mass is 10.1. The monoisotopic (exact) mass is 454 g/mol. The molecule has 30 heavy (non-hydrogen) atoms. The zero-order valence-electron chi connectivity index (χ0n) is 16.2. The summed E-state index contributed by atoms with van der Waals surface area (Å²) in [4.78, 5) is 26.9. The highest BCUT2D eigenvalue weighted by Gasteiger charge is 2.27. The number of aromatic amines is 1. The van der Waals surface area contributed by atoms with Gasteiger partial charge in [0.25, 0.3) is 5.91 Å². The Morgan fingerprint density at radius 2 is 1.87 bits per heavy atom. The Balaban J connectivity index is 1.45. The molecule has 8 nitrogen and oxygen atoms in total. The van der Waals surface area contributed by atoms with Gasteiger partial charge in [0, 0.05) is 43.9 Å². The minimum Gasteiger partial charge on any atom is -0.356 e. The van der Waals surface area contributed by atoms with Crippen molar-refractivity contribution in [1.29, 1.82) is 0 Å². The molecule has 1 aliphatic heterocycles. The van der Waals surface area contributed by atoms with Crippen molar-refractivity contribution in [1.82, 2.24) is 19.9 Å². The van der Waals surface area contributed by atoms with Gasteiger partial charge in [-0.1, -0.05) is 12.1 Å². The molecule has 0 atom stereocenters. The summed E-state index contributed by atoms with van der Waals surface area (Å²) in [6.07, 6.45) is 1.35. The van der Waals surface area contributed by atoms with Crippen molar-refractivity contribution in [2.75, 3.05) is 37.7 Å². The summed E-state index contributed by atoms with van der Waals surface area (Å²) in [5.74, 6) is 0.344. The van der Waals surface area contributed by atoms with Gasteiger partial charge in [-0.15, -0.1) is 0 Å². The molecule has 1 aliphatic rings. The molecule has 1 aromatic carbocycles. The molecule has 162 valence electrons. The van der Waals surface area contributed by atoms with E-state index in [1.165, 1.54) is 34.8 Å². The van der Waals surface area contributed by atoms with Crippen LogP contribution in [0.15, 0.2) is 41.4 Å². The Bertz CT molecular complexity index is 1000. The summed E-state index contributed by atoms with van der Waals surface area (Å²) in [6, 6.07) is 7.10. The topological polar surface area (TPSA) is 111 Å². The molecule has 0 unspecified atom stereocenters. The first kappa shape index (κ1) is 22.3. The third-order valence-corrected chi connectivity index (χ3v) is 7.31. The van der Waals surface area contributed by atoms with E-state index in [2.05, 4.69) is 15.6 Å². The van der Waals surface area contributed by atoms with Crippen molar-refractivity contribution >= 4 is 33.6 Å². The van der Waals surface area contributed by atoms with E-state index in [1.54, 1.807) is 17.8 Å². The van der Waals surface area contributed by atoms with E-state index in [-0.39, 0.29) is 36.0 Å². The first-order chi connectivity index (χ1) is 14.4. The molecule has 2 aromatic rings. The first-order valence-electron chi connectivity index (χ1n) is 9.42. The van der Waals surface area contributed by atoms with Crippen LogP contribution in [0.2, 0.25) is 0 Å². The number of sulfonamides is 1. The zero-order valence-corrected chi connectivity index (χ0v) is 17.8. The third-order valence-electron chi connectivity index (χ3n) is 4.50. The maximum atomic E-state index is 13.1. The number of amides is 2. The molecular formula is C19H23FN4O4S2. The summed E-state index contributed by atoms with van der Waals surface area (Å²) < 4.78 is 39.8. The normalized spacial score (nSPS) is 15.0. The average molecular weight is 455 g/mol. The number of nitrogens with one attached hydrogen (secondary N) is 3. The number of hydrogen-bond acceptors (Lipinski definition) is 5. The Kier molecular flexibility index (Phi) is 7.51. The van der Waals surface area contributed by atoms with Gasteiger partial charge in [0.15, 0.2) is 0 Å². The van der Waals surface area contributed by atoms with E-state index in [0.29, 0.717) is 18.7 Å². The van der Waals surface area contributed by atoms with Crippen LogP contribution in [0.1, 0.15) is 16.1 Å². The molecule has 1 saturated heterocycles. The van der Waals surface area contributed by atoms with Gasteiger partial charge in [-0.2, -0.15) is 16.1 Å². The van der Waals surface area contributed by atoms with Crippen LogP contribution in [0.5, 0.6) is 0 Å². The first-order valence-corrected chi connectivity index (χ1v) is 12.0. The number of benzene rings is 1. The molecule has 2 heterocycles. The van der Waals surface area contributed by atoms with Crippen LogP contribution >= 0.6 is 11.8 Å². The number of rotatable bonds is 8. The third kappa shape index (κ3) is 5.83. The van der Waals surface area contributed by atoms with Crippen molar-refractivity contribution < 1.29 is 22.4 Å². The van der Waals surface area contributed by atoms with Crippen LogP contribution < -0.4 is 10.6 Å². The minimum atomic E-state index is -3.62. The number of H-pyrrole nitrogens is 1. The number of nitrogens with zero attached hydrogens (tertiary/aromatic N) is 1. The number of carbonyl (C=O) groups excluding carboxylic acids is 2. The van der Waals surface area contributed by atoms with Crippen molar-refractivity contribution in [3.8, 4) is 0 Å². The number of halogens is 1. The zero-order chi connectivity index (χ0) is 21.6. The molecule has 0 bridgehead atoms. The van der Waals surface area contributed by atoms with Gasteiger partial charge in [-0.05, 0) is 23.8 Å². The Morgan fingerprint density at radius 3 is 2.60 bits per heavy atom. The minimum absolute atomic E-state index is 0.0402. The highest BCUT2D eigenvalue weighted by Crippen LogP contribution is 2.20. The lowest BCUT2D eigenvalue weighted by molar-refractivity contribution is -0.120. The standard InChI is InChI=1S/C19H23FN4O4S2/c20-15-3-1-2-14(10-15)11-18(25)21-4-5-22-19(26)17-12-16(13-23-17)30(27,28)24-6-8-29-9-7-24/h1-3,10,12-13,23H,4-9,11H2,(H,21,25)(H,22,26). The molecule has 11 heteroatoms. The molecule has 0 radical (unpaired) electrons. The van der Waals surface area contributed by atoms with Gasteiger partial charge < -0.3 is 15.6 Å². The van der Waals surface area contributed by atoms with Crippen molar-refractivity contribution in [2.45, 2.75) is 11.3 Å². The largest absolute Gasteiger partial charge is 0.356 e. The van der Waals surface area contributed by atoms with Crippen molar-refractivity contribution in [2.24, 2.45) is 0 Å². The lowest BCUT2D eigenvalue weighted by Gasteiger charge is -2.24. The fraction of sp³-hybridized carbons (Fsp3) is 0.368. The second-order valence-corrected chi connectivity index (χ2v) is 9.84. The van der Waals surface area contributed by atoms with Gasteiger partial charge in [-0.3, -0.25) is 9.59 Å². The highest BCUT2D eigenvalue weighted by atomic mass is 32.2. The average Bonchev–Trinajstić information content (AvgIpc) is 3.23. The van der Waals surface area contributed by atoms with E-state index in [4.69, 9.17) is 0 Å². The van der Waals surface area contributed by atoms with Crippen molar-refractivity contribution in [3.63, 3.8) is 0 Å². The fourth-order valence-corrected chi connectivity index (χ4v) is 5.53. The summed E-state index contributed by atoms with van der Waals surface area (Å²) in [5, 5.41) is 5.25. The summed E-state index contributed by atoms with van der Waals surface area (Å²) in [7, 11) is -3.62. The van der Waals surface area contributed by atoms with Crippen LogP contribution in [0, 0.1) is 5.82 Å². The van der Waals surface area contributed by atoms with E-state index < -0.39 is 21.7 Å². The molecule has 3 N–H and O–H groups in total. The lowest BCUT2D eigenvalue weighted by Crippen LogP contribution is -2.37. The molecule has 1 fully saturated rings. The van der Waals surface area contributed by atoms with Gasteiger partial charge in [0.2, 0.25) is 15.9 Å². The second-order valence-electron chi connectivity index (χ2n) is 6.68. The van der Waals surface area contributed by atoms with Crippen LogP contribution in [-0.4, -0.2) is 67.2 Å². The Morgan fingerprint density at radius 1 is 1.13 bits per heavy atom. The Labute approximate surface area is 178 Å². The number of carbonyl (C=O) groups is 2. The molecule has 2 amide bonds. The predicted octanol–water partition coefficient (Wildman–Crippen LogP) is 0.980. The van der Waals surface area contributed by atoms with Gasteiger partial charge >= 0.3 is 0 Å². The maximum absolute atomic E-state index is 13.1. The highest BCUT2D eigenvalue weighted by molar-refractivity contribution is 7.99. The van der Waals surface area contributed by atoms with E-state index in [0.717, 1.165) is 11.5 Å². The summed E-state index contributed by atoms with van der Waals surface area (Å²) in [5.41, 5.74) is 0.690. The summed E-state index contributed by atoms with van der Waals surface area (Å²) >= 11 is 1.71. The number of thioether (sulfide) groups is 1. The molecule has 0 saturated carbocycles. The van der Waals surface area contributed by atoms with E-state index in [9.17, 15) is 22.4 Å². The van der Waals surface area contributed by atoms with Gasteiger partial charge in [-0.25, -0.2) is 12.8 Å². The predicted molar refractivity (Wildman–Crippen MR) is 112 cm³/mol. The fourth-order valence-electron chi connectivity index (χ4n) is 2.96. The van der Waals surface area contributed by atoms with Crippen LogP contribution in [-0.2, 0) is 21.2 Å². The van der Waals surface area contributed by atoms with Crippen LogP contribution in [0.25, 0.3) is 0 Å². The molecular weight excluding hydrogens is 431 g/mol. The van der Waals surface area contributed by atoms with Crippen LogP contribution in [0.4, 0.5) is 4.39 Å². The number of aromatic nitrogens is 1. The van der Waals surface area contributed by atoms with Gasteiger partial charge in [0.1, 0.15) is 16.4 Å². The molecule has 0 spiro atoms. The smallest absolute Gasteiger partial charge is 0.267 e. The molecule has 0 aliphatic carbocycles. The Hall–Kier alpha value is -2.37. The van der Waals surface area contributed by atoms with Crippen LogP contribution in [0.3, 0.4) is 0 Å². The second kappa shape index (κ2) is 10.1. The van der Waals surface area contributed by atoms with E-state index in [1.807, 2.05) is 0 Å². The maximum Gasteiger partial charge on any atom is 0.267 e. The van der Waals surface area contributed by atoms with E-state index >= 15 is 0 Å². The number of hydrogen-bond donors (Lipinski definition) is 3. The quantitative estimate of drug-likeness (QED) is 0.515. The molecule has 3 rings (SSSR count). The molecule has 1 aromatic heterocycles. The SMILES string of the molecule is O=C(Cc1cccc(F)c1)NCCNC(=O)c1cc(S(=O)(=O)N2CCSCC2)c[nH]1. The summed E-state index contributed by atoms with van der Waals surface area (Å²) in [6.45, 7) is 1.26. The van der Waals surface area contributed by atoms with Gasteiger partial charge in [0.05, 0.1) is 6.42 Å².